The molecule has 0 bridgehead atoms. The van der Waals surface area contributed by atoms with E-state index in [1.54, 1.807) is 6.92 Å². The van der Waals surface area contributed by atoms with Crippen molar-refractivity contribution in [2.24, 2.45) is 5.73 Å². The minimum Gasteiger partial charge on any atom is -0.368 e. The lowest BCUT2D eigenvalue weighted by Gasteiger charge is -2.40. The number of H-pyrrole nitrogens is 1. The minimum atomic E-state index is -0.550. The van der Waals surface area contributed by atoms with Gasteiger partial charge in [0.1, 0.15) is 5.78 Å². The number of benzene rings is 3. The van der Waals surface area contributed by atoms with Crippen molar-refractivity contribution < 1.29 is 14.4 Å². The third kappa shape index (κ3) is 6.80. The van der Waals surface area contributed by atoms with Crippen molar-refractivity contribution >= 4 is 28.5 Å². The van der Waals surface area contributed by atoms with Crippen LogP contribution in [-0.2, 0) is 33.8 Å². The number of hydrogen-bond acceptors (Lipinski definition) is 4. The summed E-state index contributed by atoms with van der Waals surface area (Å²) in [5.41, 5.74) is 12.5. The summed E-state index contributed by atoms with van der Waals surface area (Å²) in [4.78, 5) is 43.5. The van der Waals surface area contributed by atoms with Crippen LogP contribution >= 0.6 is 0 Å². The Morgan fingerprint density at radius 3 is 2.40 bits per heavy atom. The number of nitrogens with zero attached hydrogens (tertiary/aromatic N) is 1. The summed E-state index contributed by atoms with van der Waals surface area (Å²) in [5.74, 6) is -0.323. The SMILES string of the molecule is CC(=O)CCCCC[C@@H](C(=O)NCCc1c(-c2ccccc2)[nH]c2ccccc12)N1Cc2ccccc2CC1C(N)=O. The molecule has 4 aromatic rings. The molecule has 1 unspecified atom stereocenters. The van der Waals surface area contributed by atoms with Crippen LogP contribution in [0.15, 0.2) is 78.9 Å². The molecule has 0 fully saturated rings. The first-order valence-corrected chi connectivity index (χ1v) is 15.0. The zero-order valence-corrected chi connectivity index (χ0v) is 24.3. The largest absolute Gasteiger partial charge is 0.368 e. The maximum Gasteiger partial charge on any atom is 0.237 e. The normalized spacial score (nSPS) is 15.7. The van der Waals surface area contributed by atoms with Crippen molar-refractivity contribution in [1.29, 1.82) is 0 Å². The molecule has 2 amide bonds. The number of para-hydroxylation sites is 1. The number of Topliss-reactive ketones (excluding diaryl/α,β-unsaturated/α-hetero) is 1. The number of nitrogens with one attached hydrogen (secondary N) is 2. The first kappa shape index (κ1) is 29.3. The van der Waals surface area contributed by atoms with E-state index in [1.165, 1.54) is 5.56 Å². The quantitative estimate of drug-likeness (QED) is 0.191. The number of fused-ring (bicyclic) bond motifs is 2. The van der Waals surface area contributed by atoms with Gasteiger partial charge in [0.25, 0.3) is 0 Å². The Bertz CT molecular complexity index is 1540. The van der Waals surface area contributed by atoms with Gasteiger partial charge in [-0.1, -0.05) is 85.6 Å². The summed E-state index contributed by atoms with van der Waals surface area (Å²) < 4.78 is 0. The summed E-state index contributed by atoms with van der Waals surface area (Å²) in [7, 11) is 0. The molecule has 0 saturated heterocycles. The summed E-state index contributed by atoms with van der Waals surface area (Å²) in [6, 6.07) is 25.5. The number of hydrogen-bond donors (Lipinski definition) is 3. The standard InChI is InChI=1S/C35H40N4O3/c1-24(40)12-4-2-7-19-31(39-23-27-16-9-8-15-26(27)22-32(39)34(36)41)35(42)37-21-20-29-28-17-10-11-18-30(28)38-33(29)25-13-5-3-6-14-25/h3,5-6,8-11,13-18,31-32,38H,2,4,7,12,19-23H2,1H3,(H2,36,41)(H,37,42)/t31-,32?/m0/s1. The van der Waals surface area contributed by atoms with Crippen molar-refractivity contribution in [2.45, 2.75) is 70.5 Å². The number of primary amides is 1. The Hall–Kier alpha value is -4.23. The molecule has 7 heteroatoms. The molecule has 2 heterocycles. The van der Waals surface area contributed by atoms with Gasteiger partial charge in [-0.05, 0) is 60.9 Å². The Labute approximate surface area is 247 Å². The smallest absolute Gasteiger partial charge is 0.237 e. The lowest BCUT2D eigenvalue weighted by molar-refractivity contribution is -0.132. The lowest BCUT2D eigenvalue weighted by Crippen LogP contribution is -2.57. The van der Waals surface area contributed by atoms with Gasteiger partial charge in [-0.15, -0.1) is 0 Å². The predicted octanol–water partition coefficient (Wildman–Crippen LogP) is 5.31. The topological polar surface area (TPSA) is 108 Å². The number of carbonyl (C=O) groups excluding carboxylic acids is 3. The van der Waals surface area contributed by atoms with E-state index in [-0.39, 0.29) is 11.7 Å². The molecule has 42 heavy (non-hydrogen) atoms. The Kier molecular flexibility index (Phi) is 9.49. The van der Waals surface area contributed by atoms with Gasteiger partial charge < -0.3 is 20.8 Å². The molecule has 0 spiro atoms. The van der Waals surface area contributed by atoms with Crippen molar-refractivity contribution in [3.63, 3.8) is 0 Å². The van der Waals surface area contributed by atoms with E-state index in [4.69, 9.17) is 5.73 Å². The van der Waals surface area contributed by atoms with E-state index in [0.29, 0.717) is 38.8 Å². The van der Waals surface area contributed by atoms with Crippen LogP contribution in [0.2, 0.25) is 0 Å². The molecular weight excluding hydrogens is 524 g/mol. The summed E-state index contributed by atoms with van der Waals surface area (Å²) in [6.45, 7) is 2.57. The van der Waals surface area contributed by atoms with Gasteiger partial charge in [0.15, 0.2) is 0 Å². The predicted molar refractivity (Wildman–Crippen MR) is 167 cm³/mol. The molecule has 1 aliphatic heterocycles. The second-order valence-electron chi connectivity index (χ2n) is 11.3. The molecular formula is C35H40N4O3. The molecule has 0 aliphatic carbocycles. The second kappa shape index (κ2) is 13.6. The van der Waals surface area contributed by atoms with Crippen LogP contribution in [0, 0.1) is 0 Å². The number of ketones is 1. The van der Waals surface area contributed by atoms with Gasteiger partial charge in [0, 0.05) is 36.1 Å². The van der Waals surface area contributed by atoms with E-state index in [9.17, 15) is 14.4 Å². The van der Waals surface area contributed by atoms with Crippen LogP contribution in [0.5, 0.6) is 0 Å². The van der Waals surface area contributed by atoms with Crippen LogP contribution in [0.4, 0.5) is 0 Å². The fourth-order valence-corrected chi connectivity index (χ4v) is 6.21. The maximum absolute atomic E-state index is 13.9. The highest BCUT2D eigenvalue weighted by atomic mass is 16.2. The van der Waals surface area contributed by atoms with Crippen LogP contribution in [0.1, 0.15) is 55.7 Å². The number of aromatic amines is 1. The molecule has 5 rings (SSSR count). The Morgan fingerprint density at radius 2 is 1.64 bits per heavy atom. The van der Waals surface area contributed by atoms with Crippen molar-refractivity contribution in [3.05, 3.63) is 95.6 Å². The van der Waals surface area contributed by atoms with Crippen LogP contribution in [-0.4, -0.2) is 46.1 Å². The van der Waals surface area contributed by atoms with E-state index in [1.807, 2.05) is 53.4 Å². The Morgan fingerprint density at radius 1 is 0.929 bits per heavy atom. The van der Waals surface area contributed by atoms with Crippen LogP contribution in [0.25, 0.3) is 22.2 Å². The van der Waals surface area contributed by atoms with E-state index < -0.39 is 18.0 Å². The molecule has 0 radical (unpaired) electrons. The Balaban J connectivity index is 1.34. The van der Waals surface area contributed by atoms with Gasteiger partial charge in [-0.2, -0.15) is 0 Å². The zero-order chi connectivity index (χ0) is 29.5. The van der Waals surface area contributed by atoms with E-state index in [0.717, 1.165) is 52.5 Å². The second-order valence-corrected chi connectivity index (χ2v) is 11.3. The number of carbonyl (C=O) groups is 3. The van der Waals surface area contributed by atoms with Crippen molar-refractivity contribution in [1.82, 2.24) is 15.2 Å². The van der Waals surface area contributed by atoms with Gasteiger partial charge in [-0.25, -0.2) is 0 Å². The molecule has 1 aliphatic rings. The van der Waals surface area contributed by atoms with E-state index >= 15 is 0 Å². The van der Waals surface area contributed by atoms with Gasteiger partial charge in [0.05, 0.1) is 12.1 Å². The number of amides is 2. The fraction of sp³-hybridized carbons (Fsp3) is 0.343. The molecule has 4 N–H and O–H groups in total. The van der Waals surface area contributed by atoms with Crippen molar-refractivity contribution in [2.75, 3.05) is 6.54 Å². The molecule has 2 atom stereocenters. The summed E-state index contributed by atoms with van der Waals surface area (Å²) in [6.07, 6.45) is 4.74. The van der Waals surface area contributed by atoms with Gasteiger partial charge in [0.2, 0.25) is 11.8 Å². The molecule has 3 aromatic carbocycles. The maximum atomic E-state index is 13.9. The fourth-order valence-electron chi connectivity index (χ4n) is 6.21. The zero-order valence-electron chi connectivity index (χ0n) is 24.3. The highest BCUT2D eigenvalue weighted by molar-refractivity contribution is 5.91. The molecule has 218 valence electrons. The van der Waals surface area contributed by atoms with Crippen molar-refractivity contribution in [3.8, 4) is 11.3 Å². The van der Waals surface area contributed by atoms with Gasteiger partial charge >= 0.3 is 0 Å². The number of nitrogens with two attached hydrogens (primary N) is 1. The first-order valence-electron chi connectivity index (χ1n) is 15.0. The molecule has 1 aromatic heterocycles. The highest BCUT2D eigenvalue weighted by Gasteiger charge is 2.37. The van der Waals surface area contributed by atoms with E-state index in [2.05, 4.69) is 40.6 Å². The number of unbranched alkanes of at least 4 members (excludes halogenated alkanes) is 2. The average molecular weight is 565 g/mol. The summed E-state index contributed by atoms with van der Waals surface area (Å²) >= 11 is 0. The summed E-state index contributed by atoms with van der Waals surface area (Å²) in [5, 5.41) is 4.35. The third-order valence-electron chi connectivity index (χ3n) is 8.37. The first-order chi connectivity index (χ1) is 20.4. The highest BCUT2D eigenvalue weighted by Crippen LogP contribution is 2.31. The monoisotopic (exact) mass is 564 g/mol. The average Bonchev–Trinajstić information content (AvgIpc) is 3.37. The van der Waals surface area contributed by atoms with Crippen LogP contribution < -0.4 is 11.1 Å². The van der Waals surface area contributed by atoms with Gasteiger partial charge in [-0.3, -0.25) is 14.5 Å². The molecule has 7 nitrogen and oxygen atoms in total. The molecule has 0 saturated carbocycles. The lowest BCUT2D eigenvalue weighted by atomic mass is 9.90. The third-order valence-corrected chi connectivity index (χ3v) is 8.37. The number of aromatic nitrogens is 1. The number of rotatable bonds is 13. The van der Waals surface area contributed by atoms with Crippen LogP contribution in [0.3, 0.4) is 0 Å². The minimum absolute atomic E-state index is 0.0895.